The first-order valence-corrected chi connectivity index (χ1v) is 5.73. The van der Waals surface area contributed by atoms with Crippen LogP contribution in [0.25, 0.3) is 11.0 Å². The molecule has 1 fully saturated rings. The highest BCUT2D eigenvalue weighted by atomic mass is 16.5. The van der Waals surface area contributed by atoms with Crippen molar-refractivity contribution in [1.29, 1.82) is 0 Å². The van der Waals surface area contributed by atoms with Gasteiger partial charge in [-0.15, -0.1) is 0 Å². The minimum Gasteiger partial charge on any atom is -0.379 e. The van der Waals surface area contributed by atoms with Crippen LogP contribution in [-0.2, 0) is 17.2 Å². The van der Waals surface area contributed by atoms with E-state index in [9.17, 15) is 0 Å². The van der Waals surface area contributed by atoms with Gasteiger partial charge in [0.25, 0.3) is 0 Å². The van der Waals surface area contributed by atoms with Crippen LogP contribution in [0.15, 0.2) is 18.5 Å². The Morgan fingerprint density at radius 2 is 2.41 bits per heavy atom. The van der Waals surface area contributed by atoms with Crippen LogP contribution in [0.5, 0.6) is 0 Å². The Labute approximate surface area is 99.6 Å². The molecule has 0 aromatic carbocycles. The fourth-order valence-corrected chi connectivity index (χ4v) is 2.48. The maximum Gasteiger partial charge on any atom is 0.119 e. The number of pyridine rings is 1. The second-order valence-corrected chi connectivity index (χ2v) is 4.90. The summed E-state index contributed by atoms with van der Waals surface area (Å²) in [5.41, 5.74) is 7.91. The van der Waals surface area contributed by atoms with E-state index in [1.807, 2.05) is 13.1 Å². The molecule has 5 nitrogen and oxygen atoms in total. The van der Waals surface area contributed by atoms with Crippen molar-refractivity contribution in [2.24, 2.45) is 12.8 Å². The van der Waals surface area contributed by atoms with Gasteiger partial charge in [0.1, 0.15) is 11.3 Å². The summed E-state index contributed by atoms with van der Waals surface area (Å²) in [4.78, 5) is 8.75. The molecule has 1 saturated heterocycles. The number of hydrogen-bond acceptors (Lipinski definition) is 4. The van der Waals surface area contributed by atoms with Gasteiger partial charge in [-0.05, 0) is 13.0 Å². The lowest BCUT2D eigenvalue weighted by Gasteiger charge is -2.26. The molecule has 17 heavy (non-hydrogen) atoms. The Hall–Kier alpha value is -1.46. The molecule has 3 rings (SSSR count). The van der Waals surface area contributed by atoms with Gasteiger partial charge >= 0.3 is 0 Å². The number of aromatic nitrogens is 3. The van der Waals surface area contributed by atoms with Crippen molar-refractivity contribution in [2.75, 3.05) is 13.2 Å². The molecule has 3 heterocycles. The van der Waals surface area contributed by atoms with Crippen LogP contribution in [0.1, 0.15) is 12.7 Å². The van der Waals surface area contributed by atoms with Crippen molar-refractivity contribution in [3.05, 3.63) is 24.3 Å². The number of ether oxygens (including phenoxy) is 1. The molecule has 5 heteroatoms. The lowest BCUT2D eigenvalue weighted by atomic mass is 9.85. The second kappa shape index (κ2) is 3.51. The van der Waals surface area contributed by atoms with E-state index in [2.05, 4.69) is 21.5 Å². The third-order valence-electron chi connectivity index (χ3n) is 3.71. The number of rotatable bonds is 1. The molecule has 2 N–H and O–H groups in total. The van der Waals surface area contributed by atoms with Crippen LogP contribution in [0, 0.1) is 0 Å². The van der Waals surface area contributed by atoms with E-state index < -0.39 is 0 Å². The van der Waals surface area contributed by atoms with Gasteiger partial charge in [0.15, 0.2) is 0 Å². The van der Waals surface area contributed by atoms with Gasteiger partial charge in [-0.3, -0.25) is 4.98 Å². The molecule has 0 bridgehead atoms. The largest absolute Gasteiger partial charge is 0.379 e. The summed E-state index contributed by atoms with van der Waals surface area (Å²) >= 11 is 0. The molecule has 0 amide bonds. The molecule has 0 radical (unpaired) electrons. The number of nitrogens with two attached hydrogens (primary N) is 1. The average molecular weight is 232 g/mol. The van der Waals surface area contributed by atoms with E-state index in [0.29, 0.717) is 13.2 Å². The van der Waals surface area contributed by atoms with Gasteiger partial charge in [-0.25, -0.2) is 4.98 Å². The van der Waals surface area contributed by atoms with E-state index in [1.165, 1.54) is 0 Å². The standard InChI is InChI=1S/C12H16N4O/c1-12(7-17-6-10(12)13)11-15-8-5-14-4-3-9(8)16(11)2/h3-5,10H,6-7,13H2,1-2H3. The van der Waals surface area contributed by atoms with Crippen molar-refractivity contribution >= 4 is 11.0 Å². The van der Waals surface area contributed by atoms with E-state index in [4.69, 9.17) is 10.5 Å². The number of fused-ring (bicyclic) bond motifs is 1. The maximum atomic E-state index is 6.14. The molecular weight excluding hydrogens is 216 g/mol. The highest BCUT2D eigenvalue weighted by Crippen LogP contribution is 2.32. The molecule has 2 aromatic heterocycles. The minimum atomic E-state index is -0.215. The van der Waals surface area contributed by atoms with E-state index in [0.717, 1.165) is 16.9 Å². The zero-order valence-corrected chi connectivity index (χ0v) is 10.1. The average Bonchev–Trinajstić information content (AvgIpc) is 2.83. The first kappa shape index (κ1) is 10.7. The quantitative estimate of drug-likeness (QED) is 0.781. The number of imidazole rings is 1. The SMILES string of the molecule is Cn1c(C2(C)COCC2N)nc2cnccc21. The number of hydrogen-bond donors (Lipinski definition) is 1. The smallest absolute Gasteiger partial charge is 0.119 e. The fraction of sp³-hybridized carbons (Fsp3) is 0.500. The summed E-state index contributed by atoms with van der Waals surface area (Å²) in [6, 6.07) is 1.96. The molecule has 2 unspecified atom stereocenters. The van der Waals surface area contributed by atoms with Crippen molar-refractivity contribution in [3.63, 3.8) is 0 Å². The predicted molar refractivity (Wildman–Crippen MR) is 64.7 cm³/mol. The Morgan fingerprint density at radius 1 is 1.59 bits per heavy atom. The van der Waals surface area contributed by atoms with Crippen molar-refractivity contribution < 1.29 is 4.74 Å². The van der Waals surface area contributed by atoms with Gasteiger partial charge in [0.05, 0.1) is 30.3 Å². The topological polar surface area (TPSA) is 66.0 Å². The zero-order valence-electron chi connectivity index (χ0n) is 10.1. The lowest BCUT2D eigenvalue weighted by molar-refractivity contribution is 0.177. The van der Waals surface area contributed by atoms with Crippen LogP contribution < -0.4 is 5.73 Å². The summed E-state index contributed by atoms with van der Waals surface area (Å²) in [6.07, 6.45) is 3.56. The summed E-state index contributed by atoms with van der Waals surface area (Å²) in [7, 11) is 2.01. The Kier molecular flexibility index (Phi) is 2.21. The minimum absolute atomic E-state index is 0.00836. The first-order valence-electron chi connectivity index (χ1n) is 5.73. The van der Waals surface area contributed by atoms with Gasteiger partial charge in [0, 0.05) is 19.3 Å². The molecule has 2 aromatic rings. The third-order valence-corrected chi connectivity index (χ3v) is 3.71. The molecule has 0 saturated carbocycles. The van der Waals surface area contributed by atoms with Crippen LogP contribution in [0.2, 0.25) is 0 Å². The van der Waals surface area contributed by atoms with Gasteiger partial charge < -0.3 is 15.0 Å². The molecule has 0 aliphatic carbocycles. The van der Waals surface area contributed by atoms with Crippen LogP contribution in [0.4, 0.5) is 0 Å². The van der Waals surface area contributed by atoms with E-state index >= 15 is 0 Å². The third kappa shape index (κ3) is 1.39. The molecular formula is C12H16N4O. The van der Waals surface area contributed by atoms with Gasteiger partial charge in [0.2, 0.25) is 0 Å². The highest BCUT2D eigenvalue weighted by Gasteiger charge is 2.42. The summed E-state index contributed by atoms with van der Waals surface area (Å²) in [5, 5.41) is 0. The highest BCUT2D eigenvalue weighted by molar-refractivity contribution is 5.74. The van der Waals surface area contributed by atoms with E-state index in [-0.39, 0.29) is 11.5 Å². The molecule has 0 spiro atoms. The normalized spacial score (nSPS) is 29.0. The monoisotopic (exact) mass is 232 g/mol. The van der Waals surface area contributed by atoms with Crippen molar-refractivity contribution in [3.8, 4) is 0 Å². The van der Waals surface area contributed by atoms with Crippen molar-refractivity contribution in [1.82, 2.24) is 14.5 Å². The van der Waals surface area contributed by atoms with Crippen molar-refractivity contribution in [2.45, 2.75) is 18.4 Å². The second-order valence-electron chi connectivity index (χ2n) is 4.90. The Morgan fingerprint density at radius 3 is 3.06 bits per heavy atom. The molecule has 90 valence electrons. The molecule has 2 atom stereocenters. The Balaban J connectivity index is 2.21. The zero-order chi connectivity index (χ0) is 12.0. The van der Waals surface area contributed by atoms with Crippen LogP contribution in [-0.4, -0.2) is 33.8 Å². The predicted octanol–water partition coefficient (Wildman–Crippen LogP) is 0.584. The van der Waals surface area contributed by atoms with Crippen LogP contribution in [0.3, 0.4) is 0 Å². The fourth-order valence-electron chi connectivity index (χ4n) is 2.48. The molecule has 1 aliphatic rings. The number of aryl methyl sites for hydroxylation is 1. The lowest BCUT2D eigenvalue weighted by Crippen LogP contribution is -2.43. The molecule has 1 aliphatic heterocycles. The van der Waals surface area contributed by atoms with Crippen LogP contribution >= 0.6 is 0 Å². The number of nitrogens with zero attached hydrogens (tertiary/aromatic N) is 3. The van der Waals surface area contributed by atoms with Gasteiger partial charge in [-0.2, -0.15) is 0 Å². The maximum absolute atomic E-state index is 6.14. The summed E-state index contributed by atoms with van der Waals surface area (Å²) in [5.74, 6) is 0.977. The van der Waals surface area contributed by atoms with E-state index in [1.54, 1.807) is 12.4 Å². The van der Waals surface area contributed by atoms with Gasteiger partial charge in [-0.1, -0.05) is 0 Å². The Bertz CT molecular complexity index is 565. The summed E-state index contributed by atoms with van der Waals surface area (Å²) < 4.78 is 7.57. The first-order chi connectivity index (χ1) is 8.13. The summed E-state index contributed by atoms with van der Waals surface area (Å²) in [6.45, 7) is 3.33.